The van der Waals surface area contributed by atoms with Gasteiger partial charge >= 0.3 is 0 Å². The molecule has 1 aliphatic carbocycles. The van der Waals surface area contributed by atoms with Gasteiger partial charge in [-0.1, -0.05) is 12.8 Å². The molecule has 1 fully saturated rings. The highest BCUT2D eigenvalue weighted by molar-refractivity contribution is 7.80. The molecule has 1 heterocycles. The zero-order chi connectivity index (χ0) is 13.0. The lowest BCUT2D eigenvalue weighted by atomic mass is 10.2. The summed E-state index contributed by atoms with van der Waals surface area (Å²) in [4.78, 5) is 0. The lowest BCUT2D eigenvalue weighted by molar-refractivity contribution is 0.621. The smallest absolute Gasteiger partial charge is 0.166 e. The lowest BCUT2D eigenvalue weighted by Crippen LogP contribution is -2.40. The summed E-state index contributed by atoms with van der Waals surface area (Å²) in [6.07, 6.45) is 7.22. The number of aromatic nitrogens is 2. The predicted octanol–water partition coefficient (Wildman–Crippen LogP) is 2.12. The zero-order valence-electron chi connectivity index (χ0n) is 11.2. The molecule has 0 bridgehead atoms. The lowest BCUT2D eigenvalue weighted by Gasteiger charge is -2.15. The van der Waals surface area contributed by atoms with E-state index in [4.69, 9.17) is 12.2 Å². The van der Waals surface area contributed by atoms with Crippen LogP contribution in [0.25, 0.3) is 0 Å². The van der Waals surface area contributed by atoms with Crippen molar-refractivity contribution in [2.75, 3.05) is 0 Å². The Morgan fingerprint density at radius 1 is 1.50 bits per heavy atom. The molecule has 100 valence electrons. The van der Waals surface area contributed by atoms with Gasteiger partial charge in [0.2, 0.25) is 0 Å². The van der Waals surface area contributed by atoms with Crippen molar-refractivity contribution in [1.82, 2.24) is 20.4 Å². The average molecular weight is 266 g/mol. The molecule has 0 saturated heterocycles. The second-order valence-corrected chi connectivity index (χ2v) is 5.31. The van der Waals surface area contributed by atoms with E-state index in [1.165, 1.54) is 31.2 Å². The second-order valence-electron chi connectivity index (χ2n) is 4.90. The molecule has 0 spiro atoms. The van der Waals surface area contributed by atoms with Gasteiger partial charge in [0.15, 0.2) is 5.11 Å². The Morgan fingerprint density at radius 2 is 2.22 bits per heavy atom. The maximum Gasteiger partial charge on any atom is 0.166 e. The maximum absolute atomic E-state index is 5.32. The third-order valence-electron chi connectivity index (χ3n) is 3.50. The van der Waals surface area contributed by atoms with Crippen molar-refractivity contribution in [2.24, 2.45) is 0 Å². The van der Waals surface area contributed by atoms with Gasteiger partial charge in [0, 0.05) is 30.9 Å². The molecule has 0 radical (unpaired) electrons. The summed E-state index contributed by atoms with van der Waals surface area (Å²) in [6, 6.07) is 0.574. The van der Waals surface area contributed by atoms with Crippen LogP contribution in [-0.4, -0.2) is 20.9 Å². The maximum atomic E-state index is 5.32. The molecule has 2 rings (SSSR count). The van der Waals surface area contributed by atoms with Gasteiger partial charge in [-0.15, -0.1) is 0 Å². The minimum atomic E-state index is 0.574. The van der Waals surface area contributed by atoms with Gasteiger partial charge in [-0.2, -0.15) is 5.10 Å². The standard InChI is InChI=1S/C13H22N4S/c1-3-17-9-11(10(2)16-17)8-14-13(18)15-12-6-4-5-7-12/h9,12H,3-8H2,1-2H3,(H2,14,15,18). The third-order valence-corrected chi connectivity index (χ3v) is 3.76. The van der Waals surface area contributed by atoms with Gasteiger partial charge in [-0.3, -0.25) is 4.68 Å². The minimum absolute atomic E-state index is 0.574. The predicted molar refractivity (Wildman–Crippen MR) is 77.5 cm³/mol. The second kappa shape index (κ2) is 6.18. The molecule has 1 aliphatic rings. The Hall–Kier alpha value is -1.10. The van der Waals surface area contributed by atoms with Crippen LogP contribution in [0.4, 0.5) is 0 Å². The Kier molecular flexibility index (Phi) is 4.58. The number of rotatable bonds is 4. The Labute approximate surface area is 114 Å². The van der Waals surface area contributed by atoms with Crippen LogP contribution in [0.1, 0.15) is 43.9 Å². The summed E-state index contributed by atoms with van der Waals surface area (Å²) < 4.78 is 1.96. The summed E-state index contributed by atoms with van der Waals surface area (Å²) in [6.45, 7) is 5.79. The summed E-state index contributed by atoms with van der Waals surface area (Å²) in [5.74, 6) is 0. The van der Waals surface area contributed by atoms with Crippen molar-refractivity contribution in [2.45, 2.75) is 58.7 Å². The first-order valence-corrected chi connectivity index (χ1v) is 7.17. The molecule has 0 atom stereocenters. The zero-order valence-corrected chi connectivity index (χ0v) is 12.0. The fourth-order valence-corrected chi connectivity index (χ4v) is 2.62. The van der Waals surface area contributed by atoms with Crippen molar-refractivity contribution < 1.29 is 0 Å². The van der Waals surface area contributed by atoms with Crippen molar-refractivity contribution in [3.05, 3.63) is 17.5 Å². The fourth-order valence-electron chi connectivity index (χ4n) is 2.38. The topological polar surface area (TPSA) is 41.9 Å². The molecule has 0 unspecified atom stereocenters. The Bertz CT molecular complexity index is 407. The monoisotopic (exact) mass is 266 g/mol. The van der Waals surface area contributed by atoms with E-state index < -0.39 is 0 Å². The SMILES string of the molecule is CCn1cc(CNC(=S)NC2CCCC2)c(C)n1. The van der Waals surface area contributed by atoms with Crippen molar-refractivity contribution in [1.29, 1.82) is 0 Å². The normalized spacial score (nSPS) is 15.9. The molecular weight excluding hydrogens is 244 g/mol. The van der Waals surface area contributed by atoms with E-state index in [2.05, 4.69) is 28.9 Å². The highest BCUT2D eigenvalue weighted by Gasteiger charge is 2.15. The van der Waals surface area contributed by atoms with Crippen LogP contribution in [0.3, 0.4) is 0 Å². The number of hydrogen-bond donors (Lipinski definition) is 2. The van der Waals surface area contributed by atoms with Crippen molar-refractivity contribution in [3.8, 4) is 0 Å². The first kappa shape index (κ1) is 13.3. The highest BCUT2D eigenvalue weighted by Crippen LogP contribution is 2.17. The molecule has 2 N–H and O–H groups in total. The molecule has 1 saturated carbocycles. The van der Waals surface area contributed by atoms with E-state index in [9.17, 15) is 0 Å². The summed E-state index contributed by atoms with van der Waals surface area (Å²) >= 11 is 5.32. The van der Waals surface area contributed by atoms with Crippen LogP contribution in [0, 0.1) is 6.92 Å². The van der Waals surface area contributed by atoms with Crippen molar-refractivity contribution >= 4 is 17.3 Å². The third kappa shape index (κ3) is 3.45. The largest absolute Gasteiger partial charge is 0.360 e. The molecule has 0 amide bonds. The van der Waals surface area contributed by atoms with E-state index in [0.29, 0.717) is 6.04 Å². The fraction of sp³-hybridized carbons (Fsp3) is 0.692. The molecular formula is C13H22N4S. The van der Waals surface area contributed by atoms with Gasteiger partial charge < -0.3 is 10.6 Å². The minimum Gasteiger partial charge on any atom is -0.360 e. The molecule has 1 aromatic heterocycles. The van der Waals surface area contributed by atoms with Gasteiger partial charge in [0.05, 0.1) is 5.69 Å². The van der Waals surface area contributed by atoms with E-state index >= 15 is 0 Å². The van der Waals surface area contributed by atoms with Crippen LogP contribution >= 0.6 is 12.2 Å². The number of aryl methyl sites for hydroxylation is 2. The first-order valence-electron chi connectivity index (χ1n) is 6.76. The number of nitrogens with one attached hydrogen (secondary N) is 2. The van der Waals surface area contributed by atoms with Crippen LogP contribution in [0.5, 0.6) is 0 Å². The van der Waals surface area contributed by atoms with Crippen LogP contribution in [0.15, 0.2) is 6.20 Å². The summed E-state index contributed by atoms with van der Waals surface area (Å²) in [7, 11) is 0. The van der Waals surface area contributed by atoms with Crippen LogP contribution < -0.4 is 10.6 Å². The van der Waals surface area contributed by atoms with Gasteiger partial charge in [0.1, 0.15) is 0 Å². The molecule has 1 aromatic rings. The molecule has 0 aromatic carbocycles. The Morgan fingerprint density at radius 3 is 2.83 bits per heavy atom. The average Bonchev–Trinajstić information content (AvgIpc) is 2.96. The van der Waals surface area contributed by atoms with E-state index in [0.717, 1.165) is 23.9 Å². The molecule has 0 aliphatic heterocycles. The molecule has 5 heteroatoms. The van der Waals surface area contributed by atoms with E-state index in [-0.39, 0.29) is 0 Å². The van der Waals surface area contributed by atoms with Gasteiger partial charge in [-0.05, 0) is 38.9 Å². The van der Waals surface area contributed by atoms with E-state index in [1.54, 1.807) is 0 Å². The first-order chi connectivity index (χ1) is 8.69. The van der Waals surface area contributed by atoms with Crippen LogP contribution in [-0.2, 0) is 13.1 Å². The van der Waals surface area contributed by atoms with Gasteiger partial charge in [0.25, 0.3) is 0 Å². The Balaban J connectivity index is 1.79. The number of thiocarbonyl (C=S) groups is 1. The summed E-state index contributed by atoms with van der Waals surface area (Å²) in [5.41, 5.74) is 2.29. The van der Waals surface area contributed by atoms with Gasteiger partial charge in [-0.25, -0.2) is 0 Å². The quantitative estimate of drug-likeness (QED) is 0.819. The summed E-state index contributed by atoms with van der Waals surface area (Å²) in [5, 5.41) is 11.8. The van der Waals surface area contributed by atoms with Crippen molar-refractivity contribution in [3.63, 3.8) is 0 Å². The van der Waals surface area contributed by atoms with Crippen LogP contribution in [0.2, 0.25) is 0 Å². The molecule has 18 heavy (non-hydrogen) atoms. The number of hydrogen-bond acceptors (Lipinski definition) is 2. The number of nitrogens with zero attached hydrogens (tertiary/aromatic N) is 2. The van der Waals surface area contributed by atoms with E-state index in [1.807, 2.05) is 11.6 Å². The highest BCUT2D eigenvalue weighted by atomic mass is 32.1. The molecule has 4 nitrogen and oxygen atoms in total.